The maximum absolute atomic E-state index is 11.9. The van der Waals surface area contributed by atoms with E-state index in [9.17, 15) is 27.6 Å². The van der Waals surface area contributed by atoms with Crippen LogP contribution in [0.4, 0.5) is 13.2 Å². The SMILES string of the molecule is O=C(O)CCCCCNC(=O)CCCCCNC(=O)C(F)(F)F. The molecular formula is C14H23F3N2O4. The minimum Gasteiger partial charge on any atom is -0.481 e. The predicted molar refractivity (Wildman–Crippen MR) is 76.6 cm³/mol. The van der Waals surface area contributed by atoms with Crippen molar-refractivity contribution in [3.05, 3.63) is 0 Å². The van der Waals surface area contributed by atoms with Crippen molar-refractivity contribution >= 4 is 17.8 Å². The molecule has 23 heavy (non-hydrogen) atoms. The first-order chi connectivity index (χ1) is 10.7. The lowest BCUT2D eigenvalue weighted by molar-refractivity contribution is -0.173. The lowest BCUT2D eigenvalue weighted by Crippen LogP contribution is -2.37. The number of amides is 2. The molecule has 0 bridgehead atoms. The highest BCUT2D eigenvalue weighted by Crippen LogP contribution is 2.14. The summed E-state index contributed by atoms with van der Waals surface area (Å²) < 4.78 is 35.6. The van der Waals surface area contributed by atoms with Crippen molar-refractivity contribution in [3.63, 3.8) is 0 Å². The van der Waals surface area contributed by atoms with Crippen LogP contribution in [0, 0.1) is 0 Å². The molecule has 2 amide bonds. The number of carboxylic acid groups (broad SMARTS) is 1. The second-order valence-electron chi connectivity index (χ2n) is 5.12. The number of unbranched alkanes of at least 4 members (excludes halogenated alkanes) is 4. The third-order valence-electron chi connectivity index (χ3n) is 3.01. The number of hydrogen-bond acceptors (Lipinski definition) is 3. The number of carbonyl (C=O) groups is 3. The van der Waals surface area contributed by atoms with Crippen LogP contribution >= 0.6 is 0 Å². The van der Waals surface area contributed by atoms with Gasteiger partial charge in [0.1, 0.15) is 0 Å². The summed E-state index contributed by atoms with van der Waals surface area (Å²) in [7, 11) is 0. The molecule has 0 heterocycles. The van der Waals surface area contributed by atoms with Gasteiger partial charge < -0.3 is 15.7 Å². The van der Waals surface area contributed by atoms with Crippen molar-refractivity contribution < 1.29 is 32.7 Å². The van der Waals surface area contributed by atoms with E-state index in [1.807, 2.05) is 0 Å². The highest BCUT2D eigenvalue weighted by molar-refractivity contribution is 5.81. The van der Waals surface area contributed by atoms with E-state index in [-0.39, 0.29) is 25.3 Å². The number of rotatable bonds is 12. The average molecular weight is 340 g/mol. The fraction of sp³-hybridized carbons (Fsp3) is 0.786. The lowest BCUT2D eigenvalue weighted by atomic mass is 10.1. The third kappa shape index (κ3) is 13.6. The molecule has 9 heteroatoms. The minimum absolute atomic E-state index is 0.0659. The molecule has 0 spiro atoms. The van der Waals surface area contributed by atoms with Gasteiger partial charge in [-0.15, -0.1) is 0 Å². The molecule has 0 saturated heterocycles. The molecule has 3 N–H and O–H groups in total. The summed E-state index contributed by atoms with van der Waals surface area (Å²) in [5.74, 6) is -2.92. The van der Waals surface area contributed by atoms with Gasteiger partial charge in [0.25, 0.3) is 0 Å². The summed E-state index contributed by atoms with van der Waals surface area (Å²) in [6.07, 6.45) is -0.977. The molecule has 0 aromatic heterocycles. The van der Waals surface area contributed by atoms with Gasteiger partial charge in [-0.25, -0.2) is 0 Å². The first-order valence-corrected chi connectivity index (χ1v) is 7.57. The van der Waals surface area contributed by atoms with Crippen LogP contribution in [-0.4, -0.2) is 42.2 Å². The average Bonchev–Trinajstić information content (AvgIpc) is 2.44. The van der Waals surface area contributed by atoms with Crippen LogP contribution in [0.1, 0.15) is 51.4 Å². The molecule has 0 aliphatic carbocycles. The predicted octanol–water partition coefficient (Wildman–Crippen LogP) is 1.99. The van der Waals surface area contributed by atoms with E-state index >= 15 is 0 Å². The van der Waals surface area contributed by atoms with Crippen LogP contribution in [0.5, 0.6) is 0 Å². The number of carbonyl (C=O) groups excluding carboxylic acids is 2. The number of hydrogen-bond donors (Lipinski definition) is 3. The summed E-state index contributed by atoms with van der Waals surface area (Å²) in [5, 5.41) is 12.9. The van der Waals surface area contributed by atoms with E-state index in [2.05, 4.69) is 5.32 Å². The molecule has 0 unspecified atom stereocenters. The number of aliphatic carboxylic acids is 1. The fourth-order valence-electron chi connectivity index (χ4n) is 1.78. The molecule has 0 rings (SSSR count). The molecule has 0 aromatic carbocycles. The van der Waals surface area contributed by atoms with Gasteiger partial charge >= 0.3 is 18.1 Å². The second-order valence-corrected chi connectivity index (χ2v) is 5.12. The zero-order valence-electron chi connectivity index (χ0n) is 12.9. The topological polar surface area (TPSA) is 95.5 Å². The molecule has 0 radical (unpaired) electrons. The Labute approximate surface area is 132 Å². The zero-order chi connectivity index (χ0) is 17.7. The summed E-state index contributed by atoms with van der Waals surface area (Å²) >= 11 is 0. The molecule has 0 fully saturated rings. The van der Waals surface area contributed by atoms with Gasteiger partial charge in [-0.1, -0.05) is 12.8 Å². The molecular weight excluding hydrogens is 317 g/mol. The van der Waals surface area contributed by atoms with E-state index < -0.39 is 18.1 Å². The van der Waals surface area contributed by atoms with Crippen molar-refractivity contribution in [2.24, 2.45) is 0 Å². The Morgan fingerprint density at radius 3 is 1.83 bits per heavy atom. The number of halogens is 3. The Morgan fingerprint density at radius 1 is 0.783 bits per heavy atom. The van der Waals surface area contributed by atoms with Gasteiger partial charge in [0.05, 0.1) is 0 Å². The first-order valence-electron chi connectivity index (χ1n) is 7.57. The molecule has 0 atom stereocenters. The smallest absolute Gasteiger partial charge is 0.471 e. The Kier molecular flexibility index (Phi) is 10.8. The number of alkyl halides is 3. The molecule has 0 aromatic rings. The Morgan fingerprint density at radius 2 is 1.30 bits per heavy atom. The largest absolute Gasteiger partial charge is 0.481 e. The van der Waals surface area contributed by atoms with Crippen molar-refractivity contribution in [3.8, 4) is 0 Å². The Balaban J connectivity index is 3.40. The maximum atomic E-state index is 11.9. The lowest BCUT2D eigenvalue weighted by Gasteiger charge is -2.07. The van der Waals surface area contributed by atoms with Crippen LogP contribution < -0.4 is 10.6 Å². The van der Waals surface area contributed by atoms with Gasteiger partial charge in [-0.05, 0) is 25.7 Å². The normalized spacial score (nSPS) is 11.1. The summed E-state index contributed by atoms with van der Waals surface area (Å²) in [6, 6.07) is 0. The van der Waals surface area contributed by atoms with Crippen LogP contribution in [0.25, 0.3) is 0 Å². The monoisotopic (exact) mass is 340 g/mol. The van der Waals surface area contributed by atoms with E-state index in [4.69, 9.17) is 5.11 Å². The molecule has 6 nitrogen and oxygen atoms in total. The first kappa shape index (κ1) is 21.2. The van der Waals surface area contributed by atoms with E-state index in [1.165, 1.54) is 0 Å². The number of carboxylic acids is 1. The van der Waals surface area contributed by atoms with Crippen LogP contribution in [0.2, 0.25) is 0 Å². The second kappa shape index (κ2) is 11.7. The molecule has 0 aliphatic rings. The maximum Gasteiger partial charge on any atom is 0.471 e. The Hall–Kier alpha value is -1.80. The van der Waals surface area contributed by atoms with Crippen LogP contribution in [-0.2, 0) is 14.4 Å². The fourth-order valence-corrected chi connectivity index (χ4v) is 1.78. The Bertz CT molecular complexity index is 387. The highest BCUT2D eigenvalue weighted by Gasteiger charge is 2.38. The van der Waals surface area contributed by atoms with Crippen molar-refractivity contribution in [1.29, 1.82) is 0 Å². The summed E-state index contributed by atoms with van der Waals surface area (Å²) in [4.78, 5) is 32.2. The molecule has 134 valence electrons. The van der Waals surface area contributed by atoms with Gasteiger partial charge in [-0.3, -0.25) is 14.4 Å². The highest BCUT2D eigenvalue weighted by atomic mass is 19.4. The van der Waals surface area contributed by atoms with E-state index in [1.54, 1.807) is 5.32 Å². The third-order valence-corrected chi connectivity index (χ3v) is 3.01. The minimum atomic E-state index is -4.86. The van der Waals surface area contributed by atoms with Crippen molar-refractivity contribution in [2.45, 2.75) is 57.5 Å². The molecule has 0 aliphatic heterocycles. The summed E-state index contributed by atoms with van der Waals surface area (Å²) in [5.41, 5.74) is 0. The summed E-state index contributed by atoms with van der Waals surface area (Å²) in [6.45, 7) is 0.420. The quantitative estimate of drug-likeness (QED) is 0.474. The van der Waals surface area contributed by atoms with Gasteiger partial charge in [0, 0.05) is 25.9 Å². The van der Waals surface area contributed by atoms with E-state index in [0.717, 1.165) is 6.42 Å². The van der Waals surface area contributed by atoms with Gasteiger partial charge in [-0.2, -0.15) is 13.2 Å². The van der Waals surface area contributed by atoms with Crippen molar-refractivity contribution in [2.75, 3.05) is 13.1 Å². The van der Waals surface area contributed by atoms with Crippen LogP contribution in [0.3, 0.4) is 0 Å². The van der Waals surface area contributed by atoms with Crippen molar-refractivity contribution in [1.82, 2.24) is 10.6 Å². The standard InChI is InChI=1S/C14H23F3N2O4/c15-14(16,17)13(23)19-10-6-1-3-7-11(20)18-9-5-2-4-8-12(21)22/h1-10H2,(H,18,20)(H,19,23)(H,21,22). The van der Waals surface area contributed by atoms with Crippen LogP contribution in [0.15, 0.2) is 0 Å². The number of nitrogens with one attached hydrogen (secondary N) is 2. The van der Waals surface area contributed by atoms with Gasteiger partial charge in [0.15, 0.2) is 0 Å². The van der Waals surface area contributed by atoms with E-state index in [0.29, 0.717) is 38.6 Å². The van der Waals surface area contributed by atoms with Gasteiger partial charge in [0.2, 0.25) is 5.91 Å². The zero-order valence-corrected chi connectivity index (χ0v) is 12.9. The molecule has 0 saturated carbocycles.